The van der Waals surface area contributed by atoms with Crippen LogP contribution >= 0.6 is 0 Å². The van der Waals surface area contributed by atoms with Crippen molar-refractivity contribution in [2.75, 3.05) is 0 Å². The van der Waals surface area contributed by atoms with Gasteiger partial charge in [0.05, 0.1) is 17.3 Å². The lowest BCUT2D eigenvalue weighted by molar-refractivity contribution is -0.137. The second kappa shape index (κ2) is 5.95. The van der Waals surface area contributed by atoms with E-state index in [1.54, 1.807) is 31.3 Å². The van der Waals surface area contributed by atoms with Crippen LogP contribution in [0.4, 0.5) is 13.2 Å². The molecule has 0 fully saturated rings. The maximum atomic E-state index is 12.6. The highest BCUT2D eigenvalue weighted by atomic mass is 19.4. The Morgan fingerprint density at radius 3 is 2.57 bits per heavy atom. The Kier molecular flexibility index (Phi) is 4.26. The lowest BCUT2D eigenvalue weighted by Gasteiger charge is -2.14. The summed E-state index contributed by atoms with van der Waals surface area (Å²) in [7, 11) is 0. The molecule has 110 valence electrons. The zero-order valence-electron chi connectivity index (χ0n) is 11.2. The van der Waals surface area contributed by atoms with E-state index >= 15 is 0 Å². The number of rotatable bonds is 3. The minimum atomic E-state index is -4.47. The predicted molar refractivity (Wildman–Crippen MR) is 71.6 cm³/mol. The summed E-state index contributed by atoms with van der Waals surface area (Å²) in [6.45, 7) is 1.72. The molecule has 1 aromatic heterocycles. The molecule has 1 amide bonds. The van der Waals surface area contributed by atoms with E-state index in [0.717, 1.165) is 12.1 Å². The number of carbonyl (C=O) groups excluding carboxylic acids is 1. The van der Waals surface area contributed by atoms with Gasteiger partial charge in [-0.15, -0.1) is 0 Å². The van der Waals surface area contributed by atoms with E-state index in [0.29, 0.717) is 5.69 Å². The molecule has 0 aliphatic heterocycles. The van der Waals surface area contributed by atoms with Crippen molar-refractivity contribution in [1.82, 2.24) is 10.3 Å². The third kappa shape index (κ3) is 3.81. The first kappa shape index (κ1) is 15.0. The quantitative estimate of drug-likeness (QED) is 0.940. The van der Waals surface area contributed by atoms with Gasteiger partial charge in [0.2, 0.25) is 0 Å². The molecule has 1 N–H and O–H groups in total. The summed E-state index contributed by atoms with van der Waals surface area (Å²) in [4.78, 5) is 16.1. The van der Waals surface area contributed by atoms with Gasteiger partial charge in [0.25, 0.3) is 5.91 Å². The highest BCUT2D eigenvalue weighted by Gasteiger charge is 2.31. The van der Waals surface area contributed by atoms with Gasteiger partial charge in [-0.3, -0.25) is 9.78 Å². The summed E-state index contributed by atoms with van der Waals surface area (Å²) in [5.41, 5.74) is -0.244. The number of pyridine rings is 1. The monoisotopic (exact) mass is 294 g/mol. The topological polar surface area (TPSA) is 42.0 Å². The van der Waals surface area contributed by atoms with Gasteiger partial charge in [-0.1, -0.05) is 12.1 Å². The van der Waals surface area contributed by atoms with Gasteiger partial charge in [0.15, 0.2) is 0 Å². The van der Waals surface area contributed by atoms with E-state index in [1.807, 2.05) is 0 Å². The number of nitrogens with one attached hydrogen (secondary N) is 1. The number of aromatic nitrogens is 1. The Hall–Kier alpha value is -2.37. The number of hydrogen-bond donors (Lipinski definition) is 1. The van der Waals surface area contributed by atoms with E-state index in [4.69, 9.17) is 0 Å². The van der Waals surface area contributed by atoms with Crippen molar-refractivity contribution in [3.63, 3.8) is 0 Å². The Balaban J connectivity index is 2.14. The van der Waals surface area contributed by atoms with Crippen LogP contribution in [0.5, 0.6) is 0 Å². The summed E-state index contributed by atoms with van der Waals surface area (Å²) in [5, 5.41) is 2.62. The molecule has 2 rings (SSSR count). The van der Waals surface area contributed by atoms with Crippen LogP contribution in [0.1, 0.15) is 34.6 Å². The van der Waals surface area contributed by atoms with E-state index in [2.05, 4.69) is 10.3 Å². The maximum Gasteiger partial charge on any atom is 0.416 e. The third-order valence-electron chi connectivity index (χ3n) is 2.93. The van der Waals surface area contributed by atoms with Crippen LogP contribution in [-0.2, 0) is 6.18 Å². The molecule has 1 heterocycles. The van der Waals surface area contributed by atoms with Crippen molar-refractivity contribution in [2.45, 2.75) is 19.1 Å². The summed E-state index contributed by atoms with van der Waals surface area (Å²) in [6.07, 6.45) is -2.88. The first-order valence-corrected chi connectivity index (χ1v) is 6.27. The number of carbonyl (C=O) groups is 1. The SMILES string of the molecule is C[C@H](NC(=O)c1cccc(C(F)(F)F)c1)c1ccccn1. The fraction of sp³-hybridized carbons (Fsp3) is 0.200. The number of halogens is 3. The normalized spacial score (nSPS) is 12.8. The Bertz CT molecular complexity index is 626. The molecular weight excluding hydrogens is 281 g/mol. The fourth-order valence-corrected chi connectivity index (χ4v) is 1.82. The molecular formula is C15H13F3N2O. The van der Waals surface area contributed by atoms with Crippen LogP contribution < -0.4 is 5.32 Å². The summed E-state index contributed by atoms with van der Waals surface area (Å²) in [5.74, 6) is -0.570. The van der Waals surface area contributed by atoms with Gasteiger partial charge in [-0.2, -0.15) is 13.2 Å². The van der Waals surface area contributed by atoms with Crippen LogP contribution in [0.15, 0.2) is 48.7 Å². The minimum absolute atomic E-state index is 0.0346. The fourth-order valence-electron chi connectivity index (χ4n) is 1.82. The van der Waals surface area contributed by atoms with Gasteiger partial charge < -0.3 is 5.32 Å². The van der Waals surface area contributed by atoms with Crippen molar-refractivity contribution in [3.8, 4) is 0 Å². The Morgan fingerprint density at radius 2 is 1.95 bits per heavy atom. The summed E-state index contributed by atoms with van der Waals surface area (Å²) < 4.78 is 37.9. The molecule has 6 heteroatoms. The number of nitrogens with zero attached hydrogens (tertiary/aromatic N) is 1. The van der Waals surface area contributed by atoms with Crippen LogP contribution in [0.3, 0.4) is 0 Å². The molecule has 2 aromatic rings. The molecule has 0 saturated carbocycles. The van der Waals surface area contributed by atoms with E-state index in [-0.39, 0.29) is 5.56 Å². The minimum Gasteiger partial charge on any atom is -0.344 e. The molecule has 0 aliphatic carbocycles. The van der Waals surface area contributed by atoms with E-state index in [9.17, 15) is 18.0 Å². The smallest absolute Gasteiger partial charge is 0.344 e. The first-order chi connectivity index (χ1) is 9.88. The zero-order chi connectivity index (χ0) is 15.5. The Labute approximate surface area is 119 Å². The number of amides is 1. The molecule has 21 heavy (non-hydrogen) atoms. The maximum absolute atomic E-state index is 12.6. The average molecular weight is 294 g/mol. The number of hydrogen-bond acceptors (Lipinski definition) is 2. The van der Waals surface area contributed by atoms with Crippen molar-refractivity contribution >= 4 is 5.91 Å². The van der Waals surface area contributed by atoms with E-state index in [1.165, 1.54) is 12.1 Å². The predicted octanol–water partition coefficient (Wildman–Crippen LogP) is 3.59. The summed E-state index contributed by atoms with van der Waals surface area (Å²) >= 11 is 0. The van der Waals surface area contributed by atoms with Crippen molar-refractivity contribution in [2.24, 2.45) is 0 Å². The van der Waals surface area contributed by atoms with Crippen LogP contribution in [-0.4, -0.2) is 10.9 Å². The average Bonchev–Trinajstić information content (AvgIpc) is 2.47. The van der Waals surface area contributed by atoms with Gasteiger partial charge in [-0.25, -0.2) is 0 Å². The third-order valence-corrected chi connectivity index (χ3v) is 2.93. The molecule has 0 unspecified atom stereocenters. The van der Waals surface area contributed by atoms with Gasteiger partial charge in [0, 0.05) is 11.8 Å². The summed E-state index contributed by atoms with van der Waals surface area (Å²) in [6, 6.07) is 9.17. The first-order valence-electron chi connectivity index (χ1n) is 6.27. The highest BCUT2D eigenvalue weighted by molar-refractivity contribution is 5.94. The molecule has 1 atom stereocenters. The van der Waals surface area contributed by atoms with Crippen LogP contribution in [0.25, 0.3) is 0 Å². The van der Waals surface area contributed by atoms with Gasteiger partial charge in [-0.05, 0) is 37.3 Å². The second-order valence-electron chi connectivity index (χ2n) is 4.53. The molecule has 0 aliphatic rings. The number of alkyl halides is 3. The molecule has 0 saturated heterocycles. The highest BCUT2D eigenvalue weighted by Crippen LogP contribution is 2.29. The molecule has 3 nitrogen and oxygen atoms in total. The lowest BCUT2D eigenvalue weighted by Crippen LogP contribution is -2.27. The molecule has 0 bridgehead atoms. The molecule has 0 radical (unpaired) electrons. The standard InChI is InChI=1S/C15H13F3N2O/c1-10(13-7-2-3-8-19-13)20-14(21)11-5-4-6-12(9-11)15(16,17)18/h2-10H,1H3,(H,20,21)/t10-/m0/s1. The van der Waals surface area contributed by atoms with Crippen LogP contribution in [0, 0.1) is 0 Å². The number of benzene rings is 1. The molecule has 0 spiro atoms. The second-order valence-corrected chi connectivity index (χ2v) is 4.53. The van der Waals surface area contributed by atoms with Crippen molar-refractivity contribution in [3.05, 3.63) is 65.5 Å². The Morgan fingerprint density at radius 1 is 1.19 bits per heavy atom. The van der Waals surface area contributed by atoms with Gasteiger partial charge in [0.1, 0.15) is 0 Å². The van der Waals surface area contributed by atoms with E-state index < -0.39 is 23.7 Å². The lowest BCUT2D eigenvalue weighted by atomic mass is 10.1. The van der Waals surface area contributed by atoms with Crippen molar-refractivity contribution < 1.29 is 18.0 Å². The largest absolute Gasteiger partial charge is 0.416 e. The van der Waals surface area contributed by atoms with Crippen LogP contribution in [0.2, 0.25) is 0 Å². The zero-order valence-corrected chi connectivity index (χ0v) is 11.2. The van der Waals surface area contributed by atoms with Gasteiger partial charge >= 0.3 is 6.18 Å². The van der Waals surface area contributed by atoms with Crippen molar-refractivity contribution in [1.29, 1.82) is 0 Å². The molecule has 1 aromatic carbocycles.